The van der Waals surface area contributed by atoms with Crippen LogP contribution in [0, 0.1) is 17.2 Å². The van der Waals surface area contributed by atoms with Gasteiger partial charge in [-0.05, 0) is 53.3 Å². The van der Waals surface area contributed by atoms with Gasteiger partial charge in [-0.1, -0.05) is 101 Å². The molecule has 0 N–H and O–H groups in total. The first kappa shape index (κ1) is 33.4. The Balaban J connectivity index is 0. The van der Waals surface area contributed by atoms with Crippen LogP contribution >= 0.6 is 22.7 Å². The molecule has 2 aromatic heterocycles. The van der Waals surface area contributed by atoms with Crippen LogP contribution in [0.3, 0.4) is 0 Å². The summed E-state index contributed by atoms with van der Waals surface area (Å²) in [6.07, 6.45) is 13.5. The van der Waals surface area contributed by atoms with Gasteiger partial charge in [0.25, 0.3) is 0 Å². The summed E-state index contributed by atoms with van der Waals surface area (Å²) in [5, 5.41) is 5.84. The zero-order valence-corrected chi connectivity index (χ0v) is 22.8. The van der Waals surface area contributed by atoms with Crippen molar-refractivity contribution in [3.8, 4) is 9.75 Å². The maximum atomic E-state index is 3.50. The Morgan fingerprint density at radius 1 is 0.839 bits per heavy atom. The van der Waals surface area contributed by atoms with Crippen LogP contribution in [-0.2, 0) is 5.41 Å². The van der Waals surface area contributed by atoms with Crippen LogP contribution in [0.5, 0.6) is 0 Å². The van der Waals surface area contributed by atoms with E-state index in [9.17, 15) is 0 Å². The first-order chi connectivity index (χ1) is 13.2. The van der Waals surface area contributed by atoms with Gasteiger partial charge in [-0.15, -0.1) is 22.7 Å². The van der Waals surface area contributed by atoms with Crippen LogP contribution < -0.4 is 0 Å². The van der Waals surface area contributed by atoms with E-state index in [1.807, 2.05) is 22.7 Å². The molecule has 31 heavy (non-hydrogen) atoms. The maximum absolute atomic E-state index is 3.50. The molecule has 1 aliphatic carbocycles. The molecule has 1 aliphatic rings. The molecule has 0 aliphatic heterocycles. The predicted molar refractivity (Wildman–Crippen MR) is 149 cm³/mol. The van der Waals surface area contributed by atoms with Gasteiger partial charge in [-0.25, -0.2) is 0 Å². The van der Waals surface area contributed by atoms with Crippen molar-refractivity contribution in [1.29, 1.82) is 0 Å². The van der Waals surface area contributed by atoms with Gasteiger partial charge in [0.05, 0.1) is 0 Å². The molecule has 3 rings (SSSR count). The average Bonchev–Trinajstić information content (AvgIpc) is 3.39. The molecule has 2 atom stereocenters. The monoisotopic (exact) mass is 569 g/mol. The zero-order valence-electron chi connectivity index (χ0n) is 18.3. The SMILES string of the molecule is C.C.C.CCCCC(CC)CC1(CC(CC)CCCC)c2c[c]sc2-c2sccc21.[Sn]. The van der Waals surface area contributed by atoms with Crippen molar-refractivity contribution in [2.45, 2.75) is 120 Å². The van der Waals surface area contributed by atoms with E-state index in [-0.39, 0.29) is 51.6 Å². The summed E-state index contributed by atoms with van der Waals surface area (Å²) in [5.41, 5.74) is 3.54. The molecule has 0 nitrogen and oxygen atoms in total. The fraction of sp³-hybridized carbons (Fsp3) is 0.714. The number of unbranched alkanes of at least 4 members (excludes halogenated alkanes) is 2. The molecular weight excluding hydrogens is 519 g/mol. The molecule has 0 amide bonds. The summed E-state index contributed by atoms with van der Waals surface area (Å²) in [7, 11) is 0. The van der Waals surface area contributed by atoms with Crippen molar-refractivity contribution in [3.63, 3.8) is 0 Å². The number of hydrogen-bond acceptors (Lipinski definition) is 2. The zero-order chi connectivity index (χ0) is 19.3. The number of thiophene rings is 2. The van der Waals surface area contributed by atoms with Crippen LogP contribution in [0.25, 0.3) is 9.75 Å². The average molecular weight is 569 g/mol. The smallest absolute Gasteiger partial charge is 0.0493 e. The Labute approximate surface area is 220 Å². The van der Waals surface area contributed by atoms with E-state index in [1.165, 1.54) is 69.1 Å². The molecule has 2 unspecified atom stereocenters. The first-order valence-electron chi connectivity index (χ1n) is 11.3. The van der Waals surface area contributed by atoms with Gasteiger partial charge in [0, 0.05) is 44.5 Å². The van der Waals surface area contributed by atoms with Gasteiger partial charge in [0.15, 0.2) is 0 Å². The molecule has 5 radical (unpaired) electrons. The van der Waals surface area contributed by atoms with Crippen LogP contribution in [0.1, 0.15) is 125 Å². The van der Waals surface area contributed by atoms with Gasteiger partial charge in [0.2, 0.25) is 0 Å². The van der Waals surface area contributed by atoms with Gasteiger partial charge in [-0.2, -0.15) is 0 Å². The Hall–Kier alpha value is 0.199. The fourth-order valence-corrected chi connectivity index (χ4v) is 7.27. The van der Waals surface area contributed by atoms with E-state index >= 15 is 0 Å². The van der Waals surface area contributed by atoms with Gasteiger partial charge in [0.1, 0.15) is 0 Å². The summed E-state index contributed by atoms with van der Waals surface area (Å²) in [6.45, 7) is 9.48. The summed E-state index contributed by atoms with van der Waals surface area (Å²) in [4.78, 5) is 3.10. The van der Waals surface area contributed by atoms with E-state index in [1.54, 1.807) is 16.0 Å². The van der Waals surface area contributed by atoms with Crippen molar-refractivity contribution in [1.82, 2.24) is 0 Å². The summed E-state index contributed by atoms with van der Waals surface area (Å²) >= 11 is 3.81. The third kappa shape index (κ3) is 7.09. The number of hydrogen-bond donors (Lipinski definition) is 0. The second kappa shape index (κ2) is 15.9. The van der Waals surface area contributed by atoms with Crippen LogP contribution in [-0.4, -0.2) is 23.9 Å². The van der Waals surface area contributed by atoms with E-state index in [4.69, 9.17) is 0 Å². The van der Waals surface area contributed by atoms with Gasteiger partial charge >= 0.3 is 0 Å². The Morgan fingerprint density at radius 2 is 1.39 bits per heavy atom. The molecule has 0 spiro atoms. The van der Waals surface area contributed by atoms with Crippen molar-refractivity contribution in [3.05, 3.63) is 34.0 Å². The molecule has 0 saturated heterocycles. The summed E-state index contributed by atoms with van der Waals surface area (Å²) < 4.78 is 0. The Bertz CT molecular complexity index is 639. The van der Waals surface area contributed by atoms with Gasteiger partial charge < -0.3 is 0 Å². The minimum Gasteiger partial charge on any atom is -0.143 e. The van der Waals surface area contributed by atoms with E-state index in [0.717, 1.165) is 11.8 Å². The second-order valence-corrected chi connectivity index (χ2v) is 10.4. The molecule has 177 valence electrons. The van der Waals surface area contributed by atoms with Gasteiger partial charge in [-0.3, -0.25) is 0 Å². The molecule has 0 fully saturated rings. The first-order valence-corrected chi connectivity index (χ1v) is 13.0. The van der Waals surface area contributed by atoms with Crippen molar-refractivity contribution in [2.24, 2.45) is 11.8 Å². The van der Waals surface area contributed by atoms with Crippen molar-refractivity contribution >= 4 is 46.6 Å². The number of rotatable bonds is 12. The van der Waals surface area contributed by atoms with Crippen molar-refractivity contribution < 1.29 is 0 Å². The largest absolute Gasteiger partial charge is 0.143 e. The third-order valence-corrected chi connectivity index (χ3v) is 8.80. The maximum Gasteiger partial charge on any atom is 0.0493 e. The van der Waals surface area contributed by atoms with Crippen LogP contribution in [0.2, 0.25) is 0 Å². The Kier molecular flexibility index (Phi) is 17.2. The Morgan fingerprint density at radius 3 is 1.87 bits per heavy atom. The molecule has 2 heterocycles. The minimum atomic E-state index is 0. The standard InChI is InChI=1S/C25H37S2.3CH4.Sn/c1-5-9-11-19(7-3)17-25(18-20(8-4)12-10-6-2)21-13-15-26-23(21)24-22(25)14-16-27-24;;;;/h13-15,19-20H,5-12,17-18H2,1-4H3;3*1H4;. The second-order valence-electron chi connectivity index (χ2n) is 8.59. The quantitative estimate of drug-likeness (QED) is 0.224. The topological polar surface area (TPSA) is 0 Å². The number of fused-ring (bicyclic) bond motifs is 3. The molecule has 0 aromatic carbocycles. The van der Waals surface area contributed by atoms with E-state index in [2.05, 4.69) is 50.6 Å². The van der Waals surface area contributed by atoms with E-state index < -0.39 is 0 Å². The third-order valence-electron chi connectivity index (χ3n) is 6.87. The van der Waals surface area contributed by atoms with E-state index in [0.29, 0.717) is 0 Å². The van der Waals surface area contributed by atoms with Crippen molar-refractivity contribution in [2.75, 3.05) is 0 Å². The normalized spacial score (nSPS) is 14.7. The van der Waals surface area contributed by atoms with Crippen LogP contribution in [0.15, 0.2) is 17.5 Å². The molecule has 0 bridgehead atoms. The fourth-order valence-electron chi connectivity index (χ4n) is 5.19. The molecular formula is C28H49S2Sn. The minimum absolute atomic E-state index is 0. The molecule has 0 saturated carbocycles. The predicted octanol–water partition coefficient (Wildman–Crippen LogP) is 10.6. The summed E-state index contributed by atoms with van der Waals surface area (Å²) in [6, 6.07) is 4.82. The summed E-state index contributed by atoms with van der Waals surface area (Å²) in [5.74, 6) is 1.68. The molecule has 2 aromatic rings. The molecule has 3 heteroatoms. The van der Waals surface area contributed by atoms with Crippen LogP contribution in [0.4, 0.5) is 0 Å².